The number of methoxy groups -OCH3 is 1. The third-order valence-electron chi connectivity index (χ3n) is 2.81. The molecule has 6 heteroatoms. The van der Waals surface area contributed by atoms with Crippen molar-refractivity contribution < 1.29 is 18.7 Å². The minimum absolute atomic E-state index is 0.435. The highest BCUT2D eigenvalue weighted by Gasteiger charge is 2.20. The second-order valence-corrected chi connectivity index (χ2v) is 4.60. The van der Waals surface area contributed by atoms with Gasteiger partial charge in [0.05, 0.1) is 32.1 Å². The molecule has 0 aromatic carbocycles. The summed E-state index contributed by atoms with van der Waals surface area (Å²) in [6.45, 7) is 3.52. The molecule has 0 atom stereocenters. The fraction of sp³-hybridized carbons (Fsp3) is 0.769. The summed E-state index contributed by atoms with van der Waals surface area (Å²) in [5.41, 5.74) is 0.932. The van der Waals surface area contributed by atoms with Crippen LogP contribution in [0.5, 0.6) is 0 Å². The maximum atomic E-state index is 5.43. The Hall–Kier alpha value is -0.950. The van der Waals surface area contributed by atoms with Crippen LogP contribution in [-0.2, 0) is 27.4 Å². The van der Waals surface area contributed by atoms with Crippen LogP contribution in [0.1, 0.15) is 24.3 Å². The Morgan fingerprint density at radius 3 is 2.84 bits per heavy atom. The molecule has 0 spiro atoms. The maximum absolute atomic E-state index is 5.43. The van der Waals surface area contributed by atoms with Crippen LogP contribution in [0, 0.1) is 0 Å². The van der Waals surface area contributed by atoms with Gasteiger partial charge in [0.15, 0.2) is 5.76 Å². The predicted molar refractivity (Wildman–Crippen MR) is 68.7 cm³/mol. The molecule has 0 saturated heterocycles. The van der Waals surface area contributed by atoms with Gasteiger partial charge in [-0.3, -0.25) is 0 Å². The Morgan fingerprint density at radius 2 is 2.05 bits per heavy atom. The monoisotopic (exact) mass is 270 g/mol. The quantitative estimate of drug-likeness (QED) is 0.608. The lowest BCUT2D eigenvalue weighted by Crippen LogP contribution is -2.15. The first-order chi connectivity index (χ1) is 9.38. The second kappa shape index (κ2) is 8.27. The number of rotatable bonds is 11. The molecule has 1 aliphatic rings. The van der Waals surface area contributed by atoms with Gasteiger partial charge in [-0.1, -0.05) is 5.16 Å². The highest BCUT2D eigenvalue weighted by molar-refractivity contribution is 5.04. The molecule has 6 nitrogen and oxygen atoms in total. The van der Waals surface area contributed by atoms with Crippen LogP contribution in [0.4, 0.5) is 0 Å². The lowest BCUT2D eigenvalue weighted by molar-refractivity contribution is 0.0151. The third-order valence-corrected chi connectivity index (χ3v) is 2.81. The molecule has 0 unspecified atom stereocenters. The summed E-state index contributed by atoms with van der Waals surface area (Å²) in [6.07, 6.45) is 2.55. The molecular weight excluding hydrogens is 248 g/mol. The Morgan fingerprint density at radius 1 is 1.26 bits per heavy atom. The molecule has 1 aromatic heterocycles. The number of aromatic nitrogens is 1. The first-order valence-corrected chi connectivity index (χ1v) is 6.71. The number of ether oxygens (including phenoxy) is 3. The number of hydrogen-bond acceptors (Lipinski definition) is 6. The van der Waals surface area contributed by atoms with Crippen LogP contribution in [0.15, 0.2) is 10.6 Å². The van der Waals surface area contributed by atoms with Gasteiger partial charge in [0.25, 0.3) is 0 Å². The van der Waals surface area contributed by atoms with Crippen molar-refractivity contribution in [1.82, 2.24) is 10.5 Å². The van der Waals surface area contributed by atoms with Crippen LogP contribution >= 0.6 is 0 Å². The van der Waals surface area contributed by atoms with Gasteiger partial charge in [-0.05, 0) is 12.8 Å². The summed E-state index contributed by atoms with van der Waals surface area (Å²) in [7, 11) is 1.65. The minimum Gasteiger partial charge on any atom is -0.382 e. The topological polar surface area (TPSA) is 65.8 Å². The van der Waals surface area contributed by atoms with E-state index in [1.807, 2.05) is 6.07 Å². The summed E-state index contributed by atoms with van der Waals surface area (Å²) in [4.78, 5) is 0. The fourth-order valence-electron chi connectivity index (χ4n) is 1.58. The van der Waals surface area contributed by atoms with Gasteiger partial charge in [0, 0.05) is 25.8 Å². The predicted octanol–water partition coefficient (Wildman–Crippen LogP) is 1.11. The first kappa shape index (κ1) is 14.5. The van der Waals surface area contributed by atoms with E-state index >= 15 is 0 Å². The maximum Gasteiger partial charge on any atom is 0.162 e. The van der Waals surface area contributed by atoms with E-state index in [1.165, 1.54) is 12.8 Å². The zero-order valence-corrected chi connectivity index (χ0v) is 11.4. The highest BCUT2D eigenvalue weighted by Crippen LogP contribution is 2.19. The molecular formula is C13H22N2O4. The molecule has 0 aliphatic heterocycles. The Kier molecular flexibility index (Phi) is 6.29. The van der Waals surface area contributed by atoms with E-state index in [0.717, 1.165) is 18.0 Å². The lowest BCUT2D eigenvalue weighted by atomic mass is 10.3. The average Bonchev–Trinajstić information content (AvgIpc) is 3.15. The van der Waals surface area contributed by atoms with E-state index in [9.17, 15) is 0 Å². The smallest absolute Gasteiger partial charge is 0.162 e. The molecule has 1 saturated carbocycles. The normalized spacial score (nSPS) is 15.0. The van der Waals surface area contributed by atoms with Crippen molar-refractivity contribution in [3.63, 3.8) is 0 Å². The van der Waals surface area contributed by atoms with E-state index in [2.05, 4.69) is 10.5 Å². The van der Waals surface area contributed by atoms with E-state index in [1.54, 1.807) is 7.11 Å². The summed E-state index contributed by atoms with van der Waals surface area (Å²) in [5, 5.41) is 7.38. The fourth-order valence-corrected chi connectivity index (χ4v) is 1.58. The molecule has 1 fully saturated rings. The van der Waals surface area contributed by atoms with Gasteiger partial charge in [-0.25, -0.2) is 0 Å². The number of nitrogens with zero attached hydrogens (tertiary/aromatic N) is 1. The number of nitrogens with one attached hydrogen (secondary N) is 1. The van der Waals surface area contributed by atoms with Gasteiger partial charge < -0.3 is 24.1 Å². The van der Waals surface area contributed by atoms with Crippen molar-refractivity contribution in [3.8, 4) is 0 Å². The van der Waals surface area contributed by atoms with Crippen LogP contribution in [0.25, 0.3) is 0 Å². The first-order valence-electron chi connectivity index (χ1n) is 6.71. The Labute approximate surface area is 113 Å². The van der Waals surface area contributed by atoms with Crippen LogP contribution in [0.3, 0.4) is 0 Å². The molecule has 108 valence electrons. The molecule has 0 amide bonds. The van der Waals surface area contributed by atoms with E-state index in [0.29, 0.717) is 39.1 Å². The summed E-state index contributed by atoms with van der Waals surface area (Å²) < 4.78 is 20.8. The summed E-state index contributed by atoms with van der Waals surface area (Å²) >= 11 is 0. The Balaban J connectivity index is 1.50. The van der Waals surface area contributed by atoms with Gasteiger partial charge in [0.1, 0.15) is 6.61 Å². The van der Waals surface area contributed by atoms with Crippen LogP contribution < -0.4 is 5.32 Å². The van der Waals surface area contributed by atoms with E-state index < -0.39 is 0 Å². The standard InChI is InChI=1S/C13H22N2O4/c1-16-4-5-17-6-7-18-10-13-8-12(15-19-13)9-14-11-2-3-11/h8,11,14H,2-7,9-10H2,1H3. The van der Waals surface area contributed by atoms with Crippen LogP contribution in [-0.4, -0.2) is 44.7 Å². The summed E-state index contributed by atoms with van der Waals surface area (Å²) in [5.74, 6) is 0.754. The number of hydrogen-bond donors (Lipinski definition) is 1. The molecule has 1 heterocycles. The lowest BCUT2D eigenvalue weighted by Gasteiger charge is -2.03. The van der Waals surface area contributed by atoms with Gasteiger partial charge >= 0.3 is 0 Å². The molecule has 1 aromatic rings. The van der Waals surface area contributed by atoms with Crippen molar-refractivity contribution in [2.24, 2.45) is 0 Å². The third kappa shape index (κ3) is 6.15. The second-order valence-electron chi connectivity index (χ2n) is 4.60. The van der Waals surface area contributed by atoms with Gasteiger partial charge in [-0.2, -0.15) is 0 Å². The van der Waals surface area contributed by atoms with E-state index in [-0.39, 0.29) is 0 Å². The van der Waals surface area contributed by atoms with Crippen molar-refractivity contribution >= 4 is 0 Å². The van der Waals surface area contributed by atoms with Crippen molar-refractivity contribution in [2.45, 2.75) is 32.0 Å². The van der Waals surface area contributed by atoms with Crippen LogP contribution in [0.2, 0.25) is 0 Å². The molecule has 0 radical (unpaired) electrons. The van der Waals surface area contributed by atoms with Crippen molar-refractivity contribution in [1.29, 1.82) is 0 Å². The molecule has 2 rings (SSSR count). The molecule has 0 bridgehead atoms. The SMILES string of the molecule is COCCOCCOCc1cc(CNC2CC2)no1. The van der Waals surface area contributed by atoms with E-state index in [4.69, 9.17) is 18.7 Å². The zero-order chi connectivity index (χ0) is 13.3. The molecule has 1 aliphatic carbocycles. The van der Waals surface area contributed by atoms with Gasteiger partial charge in [-0.15, -0.1) is 0 Å². The largest absolute Gasteiger partial charge is 0.382 e. The van der Waals surface area contributed by atoms with Crippen molar-refractivity contribution in [3.05, 3.63) is 17.5 Å². The molecule has 1 N–H and O–H groups in total. The Bertz CT molecular complexity index is 352. The minimum atomic E-state index is 0.435. The zero-order valence-electron chi connectivity index (χ0n) is 11.4. The summed E-state index contributed by atoms with van der Waals surface area (Å²) in [6, 6.07) is 2.61. The van der Waals surface area contributed by atoms with Gasteiger partial charge in [0.2, 0.25) is 0 Å². The highest BCUT2D eigenvalue weighted by atomic mass is 16.5. The molecule has 19 heavy (non-hydrogen) atoms. The van der Waals surface area contributed by atoms with Crippen molar-refractivity contribution in [2.75, 3.05) is 33.5 Å². The average molecular weight is 270 g/mol.